The van der Waals surface area contributed by atoms with E-state index in [0.717, 1.165) is 25.3 Å². The van der Waals surface area contributed by atoms with Crippen LogP contribution in [0.25, 0.3) is 0 Å². The van der Waals surface area contributed by atoms with Gasteiger partial charge in [0.15, 0.2) is 0 Å². The molecule has 3 nitrogen and oxygen atoms in total. The first-order valence-corrected chi connectivity index (χ1v) is 9.64. The Morgan fingerprint density at radius 2 is 1.79 bits per heavy atom. The van der Waals surface area contributed by atoms with Gasteiger partial charge in [0.1, 0.15) is 0 Å². The zero-order chi connectivity index (χ0) is 20.0. The van der Waals surface area contributed by atoms with Crippen LogP contribution < -0.4 is 5.32 Å². The molecule has 1 saturated heterocycles. The molecule has 1 N–H and O–H groups in total. The number of hydrogen-bond donors (Lipinski definition) is 1. The highest BCUT2D eigenvalue weighted by atomic mass is 19.4. The number of rotatable bonds is 8. The standard InChI is InChI=1S/C22H25F3N2O/c23-22(24,25)19-8-4-7-18(15-19)16-26-13-11-20-9-10-21(28)27(20)14-12-17-5-2-1-3-6-17/h1-8,15,20,26H,9-14,16H2/t20-/m0/s1. The molecule has 0 radical (unpaired) electrons. The number of carbonyl (C=O) groups is 1. The Hall–Kier alpha value is -2.34. The lowest BCUT2D eigenvalue weighted by Gasteiger charge is -2.25. The minimum Gasteiger partial charge on any atom is -0.339 e. The Morgan fingerprint density at radius 1 is 1.04 bits per heavy atom. The summed E-state index contributed by atoms with van der Waals surface area (Å²) in [5.41, 5.74) is 1.20. The van der Waals surface area contributed by atoms with Crippen LogP contribution in [-0.2, 0) is 23.9 Å². The number of nitrogens with zero attached hydrogens (tertiary/aromatic N) is 1. The van der Waals surface area contributed by atoms with Crippen molar-refractivity contribution in [3.05, 3.63) is 71.3 Å². The second-order valence-electron chi connectivity index (χ2n) is 7.18. The average molecular weight is 390 g/mol. The third-order valence-electron chi connectivity index (χ3n) is 5.17. The molecular formula is C22H25F3N2O. The molecule has 6 heteroatoms. The van der Waals surface area contributed by atoms with E-state index in [0.29, 0.717) is 31.6 Å². The van der Waals surface area contributed by atoms with Gasteiger partial charge in [-0.25, -0.2) is 0 Å². The minimum absolute atomic E-state index is 0.193. The molecular weight excluding hydrogens is 365 g/mol. The predicted molar refractivity (Wildman–Crippen MR) is 103 cm³/mol. The average Bonchev–Trinajstić information content (AvgIpc) is 3.03. The fourth-order valence-corrected chi connectivity index (χ4v) is 3.65. The van der Waals surface area contributed by atoms with Crippen molar-refractivity contribution in [2.45, 2.75) is 44.4 Å². The zero-order valence-corrected chi connectivity index (χ0v) is 15.7. The van der Waals surface area contributed by atoms with Gasteiger partial charge in [0.2, 0.25) is 5.91 Å². The molecule has 1 fully saturated rings. The van der Waals surface area contributed by atoms with Crippen LogP contribution in [0.5, 0.6) is 0 Å². The summed E-state index contributed by atoms with van der Waals surface area (Å²) in [6.07, 6.45) is -1.26. The molecule has 150 valence electrons. The van der Waals surface area contributed by atoms with Crippen LogP contribution in [0.1, 0.15) is 36.0 Å². The quantitative estimate of drug-likeness (QED) is 0.677. The van der Waals surface area contributed by atoms with Gasteiger partial charge in [-0.1, -0.05) is 48.5 Å². The van der Waals surface area contributed by atoms with E-state index in [9.17, 15) is 18.0 Å². The Morgan fingerprint density at radius 3 is 2.54 bits per heavy atom. The van der Waals surface area contributed by atoms with Gasteiger partial charge in [0, 0.05) is 25.6 Å². The number of likely N-dealkylation sites (tertiary alicyclic amines) is 1. The Kier molecular flexibility index (Phi) is 6.73. The maximum absolute atomic E-state index is 12.8. The van der Waals surface area contributed by atoms with Crippen LogP contribution >= 0.6 is 0 Å². The SMILES string of the molecule is O=C1CC[C@@H](CCNCc2cccc(C(F)(F)F)c2)N1CCc1ccccc1. The van der Waals surface area contributed by atoms with E-state index < -0.39 is 11.7 Å². The van der Waals surface area contributed by atoms with E-state index in [1.807, 2.05) is 23.1 Å². The van der Waals surface area contributed by atoms with Crippen LogP contribution in [0.3, 0.4) is 0 Å². The maximum atomic E-state index is 12.8. The lowest BCUT2D eigenvalue weighted by molar-refractivity contribution is -0.137. The second kappa shape index (κ2) is 9.24. The highest BCUT2D eigenvalue weighted by Gasteiger charge is 2.31. The third-order valence-corrected chi connectivity index (χ3v) is 5.17. The second-order valence-corrected chi connectivity index (χ2v) is 7.18. The predicted octanol–water partition coefficient (Wildman–Crippen LogP) is 4.42. The van der Waals surface area contributed by atoms with Crippen molar-refractivity contribution < 1.29 is 18.0 Å². The van der Waals surface area contributed by atoms with Crippen molar-refractivity contribution in [2.75, 3.05) is 13.1 Å². The molecule has 1 heterocycles. The molecule has 3 rings (SSSR count). The van der Waals surface area contributed by atoms with Gasteiger partial charge in [0.05, 0.1) is 5.56 Å². The number of benzene rings is 2. The van der Waals surface area contributed by atoms with Crippen LogP contribution in [0.4, 0.5) is 13.2 Å². The maximum Gasteiger partial charge on any atom is 0.416 e. The molecule has 1 aliphatic heterocycles. The molecule has 28 heavy (non-hydrogen) atoms. The van der Waals surface area contributed by atoms with E-state index in [1.54, 1.807) is 6.07 Å². The lowest BCUT2D eigenvalue weighted by Crippen LogP contribution is -2.36. The Labute approximate surface area is 163 Å². The first kappa shape index (κ1) is 20.4. The number of hydrogen-bond acceptors (Lipinski definition) is 2. The number of halogens is 3. The molecule has 0 spiro atoms. The van der Waals surface area contributed by atoms with Crippen molar-refractivity contribution in [1.29, 1.82) is 0 Å². The number of carbonyl (C=O) groups excluding carboxylic acids is 1. The number of alkyl halides is 3. The van der Waals surface area contributed by atoms with Crippen LogP contribution in [0.15, 0.2) is 54.6 Å². The largest absolute Gasteiger partial charge is 0.416 e. The fraction of sp³-hybridized carbons (Fsp3) is 0.409. The summed E-state index contributed by atoms with van der Waals surface area (Å²) in [4.78, 5) is 14.1. The molecule has 1 amide bonds. The first-order chi connectivity index (χ1) is 13.4. The normalized spacial score (nSPS) is 17.3. The van der Waals surface area contributed by atoms with Crippen LogP contribution in [0, 0.1) is 0 Å². The summed E-state index contributed by atoms with van der Waals surface area (Å²) in [6, 6.07) is 15.7. The van der Waals surface area contributed by atoms with E-state index in [-0.39, 0.29) is 11.9 Å². The van der Waals surface area contributed by atoms with Gasteiger partial charge < -0.3 is 10.2 Å². The van der Waals surface area contributed by atoms with Gasteiger partial charge in [0.25, 0.3) is 0 Å². The van der Waals surface area contributed by atoms with Crippen molar-refractivity contribution in [1.82, 2.24) is 10.2 Å². The first-order valence-electron chi connectivity index (χ1n) is 9.64. The highest BCUT2D eigenvalue weighted by Crippen LogP contribution is 2.29. The molecule has 0 bridgehead atoms. The Balaban J connectivity index is 1.45. The fourth-order valence-electron chi connectivity index (χ4n) is 3.65. The summed E-state index contributed by atoms with van der Waals surface area (Å²) in [5.74, 6) is 0.193. The lowest BCUT2D eigenvalue weighted by atomic mass is 10.1. The zero-order valence-electron chi connectivity index (χ0n) is 15.7. The van der Waals surface area contributed by atoms with E-state index in [1.165, 1.54) is 17.7 Å². The third kappa shape index (κ3) is 5.58. The topological polar surface area (TPSA) is 32.3 Å². The van der Waals surface area contributed by atoms with E-state index >= 15 is 0 Å². The van der Waals surface area contributed by atoms with Gasteiger partial charge in [-0.2, -0.15) is 13.2 Å². The summed E-state index contributed by atoms with van der Waals surface area (Å²) in [7, 11) is 0. The summed E-state index contributed by atoms with van der Waals surface area (Å²) < 4.78 is 38.3. The summed E-state index contributed by atoms with van der Waals surface area (Å²) in [5, 5.41) is 3.21. The van der Waals surface area contributed by atoms with Gasteiger partial charge in [-0.3, -0.25) is 4.79 Å². The van der Waals surface area contributed by atoms with Crippen molar-refractivity contribution >= 4 is 5.91 Å². The smallest absolute Gasteiger partial charge is 0.339 e. The molecule has 2 aromatic rings. The van der Waals surface area contributed by atoms with Gasteiger partial charge in [-0.05, 0) is 43.0 Å². The van der Waals surface area contributed by atoms with E-state index in [4.69, 9.17) is 0 Å². The van der Waals surface area contributed by atoms with Crippen LogP contribution in [0.2, 0.25) is 0 Å². The van der Waals surface area contributed by atoms with Gasteiger partial charge >= 0.3 is 6.18 Å². The molecule has 2 aromatic carbocycles. The highest BCUT2D eigenvalue weighted by molar-refractivity contribution is 5.78. The molecule has 0 aliphatic carbocycles. The van der Waals surface area contributed by atoms with Gasteiger partial charge in [-0.15, -0.1) is 0 Å². The Bertz CT molecular complexity index is 777. The molecule has 1 aliphatic rings. The summed E-state index contributed by atoms with van der Waals surface area (Å²) in [6.45, 7) is 1.76. The minimum atomic E-state index is -4.32. The molecule has 0 unspecified atom stereocenters. The van der Waals surface area contributed by atoms with Crippen molar-refractivity contribution in [3.63, 3.8) is 0 Å². The molecule has 0 saturated carbocycles. The monoisotopic (exact) mass is 390 g/mol. The number of nitrogens with one attached hydrogen (secondary N) is 1. The van der Waals surface area contributed by atoms with Crippen molar-refractivity contribution in [3.8, 4) is 0 Å². The summed E-state index contributed by atoms with van der Waals surface area (Å²) >= 11 is 0. The number of amides is 1. The van der Waals surface area contributed by atoms with E-state index in [2.05, 4.69) is 17.4 Å². The molecule has 0 aromatic heterocycles. The van der Waals surface area contributed by atoms with Crippen LogP contribution in [-0.4, -0.2) is 29.9 Å². The molecule has 1 atom stereocenters. The van der Waals surface area contributed by atoms with Crippen molar-refractivity contribution in [2.24, 2.45) is 0 Å².